The van der Waals surface area contributed by atoms with Crippen molar-refractivity contribution in [1.29, 1.82) is 0 Å². The molecule has 0 unspecified atom stereocenters. The molecule has 2 aromatic rings. The van der Waals surface area contributed by atoms with Gasteiger partial charge in [0.1, 0.15) is 5.69 Å². The van der Waals surface area contributed by atoms with Crippen molar-refractivity contribution < 1.29 is 13.2 Å². The maximum Gasteiger partial charge on any atom is 0.316 e. The van der Waals surface area contributed by atoms with Crippen LogP contribution >= 0.6 is 11.6 Å². The normalized spacial score (nSPS) is 19.0. The Balaban J connectivity index is 1.67. The average molecular weight is 454 g/mol. The third-order valence-electron chi connectivity index (χ3n) is 5.58. The molecule has 0 amide bonds. The second-order valence-electron chi connectivity index (χ2n) is 8.09. The topological polar surface area (TPSA) is 111 Å². The number of halogens is 1. The molecule has 4 rings (SSSR count). The van der Waals surface area contributed by atoms with Crippen LogP contribution in [0.1, 0.15) is 19.8 Å². The molecule has 1 saturated heterocycles. The molecule has 1 aromatic heterocycles. The molecule has 2 N–H and O–H groups in total. The van der Waals surface area contributed by atoms with Gasteiger partial charge < -0.3 is 9.64 Å². The zero-order valence-electron chi connectivity index (χ0n) is 16.6. The highest BCUT2D eigenvalue weighted by atomic mass is 35.5. The first kappa shape index (κ1) is 21.1. The molecule has 30 heavy (non-hydrogen) atoms. The number of aromatic nitrogens is 2. The Kier molecular flexibility index (Phi) is 5.52. The monoisotopic (exact) mass is 453 g/mol. The molecule has 1 aliphatic heterocycles. The van der Waals surface area contributed by atoms with Gasteiger partial charge in [-0.1, -0.05) is 24.6 Å². The second-order valence-corrected chi connectivity index (χ2v) is 10.1. The molecule has 11 heteroatoms. The Morgan fingerprint density at radius 3 is 2.53 bits per heavy atom. The number of rotatable bonds is 6. The van der Waals surface area contributed by atoms with Crippen LogP contribution in [0.25, 0.3) is 5.69 Å². The number of hydrogen-bond donors (Lipinski definition) is 1. The van der Waals surface area contributed by atoms with Crippen LogP contribution in [-0.4, -0.2) is 55.3 Å². The minimum Gasteiger partial charge on any atom is -0.486 e. The third-order valence-corrected chi connectivity index (χ3v) is 6.90. The van der Waals surface area contributed by atoms with Crippen molar-refractivity contribution in [3.8, 4) is 11.4 Å². The smallest absolute Gasteiger partial charge is 0.316 e. The SMILES string of the molecule is CC1(COc2c(N3CCN(S(N)(=O)=O)CC3)cnn(-c3cccc(Cl)c3)c2=O)CC1. The zero-order chi connectivity index (χ0) is 21.5. The van der Waals surface area contributed by atoms with Gasteiger partial charge in [0.2, 0.25) is 5.75 Å². The van der Waals surface area contributed by atoms with Gasteiger partial charge in [-0.05, 0) is 31.0 Å². The van der Waals surface area contributed by atoms with Crippen LogP contribution in [0.15, 0.2) is 35.3 Å². The van der Waals surface area contributed by atoms with Gasteiger partial charge in [-0.25, -0.2) is 5.14 Å². The number of benzene rings is 1. The maximum atomic E-state index is 13.3. The highest BCUT2D eigenvalue weighted by molar-refractivity contribution is 7.86. The van der Waals surface area contributed by atoms with E-state index in [9.17, 15) is 13.2 Å². The summed E-state index contributed by atoms with van der Waals surface area (Å²) in [5.74, 6) is 0.210. The lowest BCUT2D eigenvalue weighted by Crippen LogP contribution is -2.51. The summed E-state index contributed by atoms with van der Waals surface area (Å²) in [6, 6.07) is 6.88. The molecule has 1 saturated carbocycles. The minimum absolute atomic E-state index is 0.0835. The van der Waals surface area contributed by atoms with Crippen LogP contribution in [0.3, 0.4) is 0 Å². The van der Waals surface area contributed by atoms with E-state index in [4.69, 9.17) is 21.5 Å². The van der Waals surface area contributed by atoms with E-state index in [1.54, 1.807) is 30.5 Å². The van der Waals surface area contributed by atoms with E-state index >= 15 is 0 Å². The van der Waals surface area contributed by atoms with Crippen molar-refractivity contribution in [2.45, 2.75) is 19.8 Å². The molecule has 162 valence electrons. The first-order valence-corrected chi connectivity index (χ1v) is 11.6. The molecule has 0 atom stereocenters. The summed E-state index contributed by atoms with van der Waals surface area (Å²) in [6.07, 6.45) is 3.70. The molecule has 0 bridgehead atoms. The molecule has 2 heterocycles. The van der Waals surface area contributed by atoms with E-state index < -0.39 is 10.2 Å². The Hall–Kier alpha value is -2.14. The van der Waals surface area contributed by atoms with Crippen LogP contribution in [0, 0.1) is 5.41 Å². The van der Waals surface area contributed by atoms with Gasteiger partial charge >= 0.3 is 5.56 Å². The van der Waals surface area contributed by atoms with Crippen LogP contribution in [0.4, 0.5) is 5.69 Å². The van der Waals surface area contributed by atoms with E-state index in [1.807, 2.05) is 4.90 Å². The van der Waals surface area contributed by atoms with E-state index in [0.29, 0.717) is 36.1 Å². The highest BCUT2D eigenvalue weighted by Gasteiger charge is 2.39. The fourth-order valence-corrected chi connectivity index (χ4v) is 4.23. The number of ether oxygens (including phenoxy) is 1. The van der Waals surface area contributed by atoms with Gasteiger partial charge in [0.05, 0.1) is 18.5 Å². The van der Waals surface area contributed by atoms with Gasteiger partial charge in [-0.3, -0.25) is 4.79 Å². The summed E-state index contributed by atoms with van der Waals surface area (Å²) >= 11 is 6.07. The molecule has 0 spiro atoms. The fraction of sp³-hybridized carbons (Fsp3) is 0.474. The molecule has 1 aliphatic carbocycles. The van der Waals surface area contributed by atoms with Crippen molar-refractivity contribution in [2.24, 2.45) is 10.6 Å². The van der Waals surface area contributed by atoms with Crippen molar-refractivity contribution in [3.63, 3.8) is 0 Å². The van der Waals surface area contributed by atoms with E-state index in [0.717, 1.165) is 12.8 Å². The highest BCUT2D eigenvalue weighted by Crippen LogP contribution is 2.45. The summed E-state index contributed by atoms with van der Waals surface area (Å²) in [5, 5.41) is 10.0. The Morgan fingerprint density at radius 2 is 1.93 bits per heavy atom. The first-order valence-electron chi connectivity index (χ1n) is 9.70. The number of piperazine rings is 1. The largest absolute Gasteiger partial charge is 0.486 e. The summed E-state index contributed by atoms with van der Waals surface area (Å²) < 4.78 is 31.7. The summed E-state index contributed by atoms with van der Waals surface area (Å²) in [7, 11) is -3.74. The minimum atomic E-state index is -3.74. The van der Waals surface area contributed by atoms with E-state index in [1.165, 1.54) is 8.99 Å². The molecular weight excluding hydrogens is 430 g/mol. The van der Waals surface area contributed by atoms with Crippen LogP contribution in [-0.2, 0) is 10.2 Å². The standard InChI is InChI=1S/C19H24ClN5O4S/c1-19(5-6-19)13-29-17-16(23-7-9-24(10-8-23)30(21,27)28)12-22-25(18(17)26)15-4-2-3-14(20)11-15/h2-4,11-12H,5-10,13H2,1H3,(H2,21,27,28). The van der Waals surface area contributed by atoms with Crippen molar-refractivity contribution in [2.75, 3.05) is 37.7 Å². The quantitative estimate of drug-likeness (QED) is 0.707. The van der Waals surface area contributed by atoms with Gasteiger partial charge in [-0.15, -0.1) is 0 Å². The van der Waals surface area contributed by atoms with Crippen molar-refractivity contribution in [1.82, 2.24) is 14.1 Å². The van der Waals surface area contributed by atoms with Crippen molar-refractivity contribution in [3.05, 3.63) is 45.8 Å². The lowest BCUT2D eigenvalue weighted by Gasteiger charge is -2.34. The van der Waals surface area contributed by atoms with Gasteiger partial charge in [0.15, 0.2) is 0 Å². The average Bonchev–Trinajstić information content (AvgIpc) is 3.44. The fourth-order valence-electron chi connectivity index (χ4n) is 3.37. The predicted octanol–water partition coefficient (Wildman–Crippen LogP) is 1.39. The second kappa shape index (κ2) is 7.84. The summed E-state index contributed by atoms with van der Waals surface area (Å²) in [6.45, 7) is 3.78. The Labute approximate surface area is 180 Å². The van der Waals surface area contributed by atoms with Crippen molar-refractivity contribution >= 4 is 27.5 Å². The molecular formula is C19H24ClN5O4S. The van der Waals surface area contributed by atoms with Gasteiger partial charge in [-0.2, -0.15) is 22.5 Å². The molecule has 0 radical (unpaired) electrons. The third kappa shape index (κ3) is 4.46. The van der Waals surface area contributed by atoms with Gasteiger partial charge in [0.25, 0.3) is 10.2 Å². The maximum absolute atomic E-state index is 13.3. The lowest BCUT2D eigenvalue weighted by atomic mass is 10.2. The summed E-state index contributed by atoms with van der Waals surface area (Å²) in [5.41, 5.74) is 0.797. The number of hydrogen-bond acceptors (Lipinski definition) is 6. The van der Waals surface area contributed by atoms with E-state index in [2.05, 4.69) is 12.0 Å². The molecule has 1 aromatic carbocycles. The number of nitrogens with two attached hydrogens (primary N) is 1. The van der Waals surface area contributed by atoms with E-state index in [-0.39, 0.29) is 29.8 Å². The van der Waals surface area contributed by atoms with Crippen LogP contribution < -0.4 is 20.3 Å². The van der Waals surface area contributed by atoms with Crippen LogP contribution in [0.5, 0.6) is 5.75 Å². The molecule has 2 aliphatic rings. The Bertz CT molecular complexity index is 1110. The first-order chi connectivity index (χ1) is 14.2. The zero-order valence-corrected chi connectivity index (χ0v) is 18.2. The molecule has 2 fully saturated rings. The molecule has 9 nitrogen and oxygen atoms in total. The Morgan fingerprint density at radius 1 is 1.23 bits per heavy atom. The van der Waals surface area contributed by atoms with Crippen LogP contribution in [0.2, 0.25) is 5.02 Å². The predicted molar refractivity (Wildman–Crippen MR) is 115 cm³/mol. The lowest BCUT2D eigenvalue weighted by molar-refractivity contribution is 0.242. The number of nitrogens with zero attached hydrogens (tertiary/aromatic N) is 4. The number of anilines is 1. The van der Waals surface area contributed by atoms with Gasteiger partial charge in [0, 0.05) is 36.6 Å². The summed E-state index contributed by atoms with van der Waals surface area (Å²) in [4.78, 5) is 15.2.